The molecule has 0 saturated heterocycles. The van der Waals surface area contributed by atoms with Gasteiger partial charge >= 0.3 is 0 Å². The summed E-state index contributed by atoms with van der Waals surface area (Å²) in [7, 11) is -3.73. The third kappa shape index (κ3) is 6.10. The molecule has 7 nitrogen and oxygen atoms in total. The fraction of sp³-hybridized carbons (Fsp3) is 0.211. The molecule has 0 atom stereocenters. The van der Waals surface area contributed by atoms with Gasteiger partial charge in [-0.15, -0.1) is 0 Å². The van der Waals surface area contributed by atoms with Gasteiger partial charge in [-0.05, 0) is 42.0 Å². The highest BCUT2D eigenvalue weighted by Crippen LogP contribution is 2.16. The van der Waals surface area contributed by atoms with Gasteiger partial charge in [-0.3, -0.25) is 4.79 Å². The van der Waals surface area contributed by atoms with E-state index in [9.17, 15) is 17.6 Å². The molecule has 3 rings (SSSR count). The van der Waals surface area contributed by atoms with Gasteiger partial charge in [-0.1, -0.05) is 28.9 Å². The van der Waals surface area contributed by atoms with Crippen molar-refractivity contribution in [3.05, 3.63) is 76.6 Å². The summed E-state index contributed by atoms with van der Waals surface area (Å²) < 4.78 is 42.6. The summed E-state index contributed by atoms with van der Waals surface area (Å²) in [6.45, 7) is 0.338. The third-order valence-corrected chi connectivity index (χ3v) is 5.81. The van der Waals surface area contributed by atoms with Crippen molar-refractivity contribution in [3.63, 3.8) is 0 Å². The lowest BCUT2D eigenvalue weighted by Gasteiger charge is -2.04. The van der Waals surface area contributed by atoms with Gasteiger partial charge in [0.2, 0.25) is 11.8 Å². The van der Waals surface area contributed by atoms with Crippen LogP contribution in [0.1, 0.15) is 23.7 Å². The molecule has 3 aromatic rings. The molecule has 0 bridgehead atoms. The molecule has 1 heterocycles. The van der Waals surface area contributed by atoms with Crippen LogP contribution in [0.5, 0.6) is 0 Å². The van der Waals surface area contributed by atoms with E-state index in [0.29, 0.717) is 11.6 Å². The SMILES string of the molecule is O=C(CCc1nc(CS(=O)(=O)c2ccc(F)cc2)no1)NCc1cccc(Cl)c1. The van der Waals surface area contributed by atoms with Crippen LogP contribution in [0.4, 0.5) is 4.39 Å². The van der Waals surface area contributed by atoms with E-state index >= 15 is 0 Å². The lowest BCUT2D eigenvalue weighted by Crippen LogP contribution is -2.23. The summed E-state index contributed by atoms with van der Waals surface area (Å²) in [6.07, 6.45) is 0.276. The number of benzene rings is 2. The molecular weight excluding hydrogens is 421 g/mol. The van der Waals surface area contributed by atoms with Gasteiger partial charge in [0.15, 0.2) is 15.7 Å². The van der Waals surface area contributed by atoms with Crippen molar-refractivity contribution in [1.82, 2.24) is 15.5 Å². The Hall–Kier alpha value is -2.78. The van der Waals surface area contributed by atoms with Crippen LogP contribution in [0.15, 0.2) is 57.9 Å². The first-order chi connectivity index (χ1) is 13.8. The van der Waals surface area contributed by atoms with Gasteiger partial charge < -0.3 is 9.84 Å². The second kappa shape index (κ2) is 9.15. The van der Waals surface area contributed by atoms with Crippen LogP contribution in [-0.4, -0.2) is 24.5 Å². The van der Waals surface area contributed by atoms with Crippen LogP contribution in [-0.2, 0) is 33.4 Å². The normalized spacial score (nSPS) is 11.4. The number of aryl methyl sites for hydroxylation is 1. The number of carbonyl (C=O) groups excluding carboxylic acids is 1. The average molecular weight is 438 g/mol. The highest BCUT2D eigenvalue weighted by Gasteiger charge is 2.19. The van der Waals surface area contributed by atoms with Gasteiger partial charge in [0.25, 0.3) is 0 Å². The van der Waals surface area contributed by atoms with Crippen molar-refractivity contribution >= 4 is 27.3 Å². The Labute approximate surface area is 171 Å². The molecule has 1 N–H and O–H groups in total. The fourth-order valence-electron chi connectivity index (χ4n) is 2.50. The van der Waals surface area contributed by atoms with Crippen LogP contribution in [0, 0.1) is 5.82 Å². The van der Waals surface area contributed by atoms with E-state index in [0.717, 1.165) is 17.7 Å². The maximum atomic E-state index is 13.0. The largest absolute Gasteiger partial charge is 0.352 e. The van der Waals surface area contributed by atoms with E-state index in [1.165, 1.54) is 12.1 Å². The lowest BCUT2D eigenvalue weighted by atomic mass is 10.2. The molecule has 0 aliphatic carbocycles. The van der Waals surface area contributed by atoms with Crippen LogP contribution in [0.25, 0.3) is 0 Å². The van der Waals surface area contributed by atoms with Gasteiger partial charge in [-0.25, -0.2) is 12.8 Å². The smallest absolute Gasteiger partial charge is 0.227 e. The van der Waals surface area contributed by atoms with Gasteiger partial charge in [0.05, 0.1) is 4.90 Å². The number of aromatic nitrogens is 2. The molecule has 0 aliphatic rings. The molecule has 29 heavy (non-hydrogen) atoms. The molecule has 2 aromatic carbocycles. The van der Waals surface area contributed by atoms with E-state index in [2.05, 4.69) is 15.5 Å². The highest BCUT2D eigenvalue weighted by molar-refractivity contribution is 7.90. The molecule has 0 saturated carbocycles. The standard InChI is InChI=1S/C19H17ClFN3O4S/c20-14-3-1-2-13(10-14)11-22-18(25)8-9-19-23-17(24-28-19)12-29(26,27)16-6-4-15(21)5-7-16/h1-7,10H,8-9,11-12H2,(H,22,25). The number of nitrogens with zero attached hydrogens (tertiary/aromatic N) is 2. The van der Waals surface area contributed by atoms with E-state index in [-0.39, 0.29) is 35.4 Å². The van der Waals surface area contributed by atoms with Crippen molar-refractivity contribution in [1.29, 1.82) is 0 Å². The van der Waals surface area contributed by atoms with E-state index < -0.39 is 21.4 Å². The molecule has 1 aromatic heterocycles. The number of nitrogens with one attached hydrogen (secondary N) is 1. The van der Waals surface area contributed by atoms with E-state index in [1.54, 1.807) is 18.2 Å². The third-order valence-electron chi connectivity index (χ3n) is 3.95. The van der Waals surface area contributed by atoms with E-state index in [1.807, 2.05) is 6.07 Å². The van der Waals surface area contributed by atoms with Crippen molar-refractivity contribution in [2.45, 2.75) is 30.0 Å². The van der Waals surface area contributed by atoms with Crippen molar-refractivity contribution in [2.24, 2.45) is 0 Å². The number of hydrogen-bond donors (Lipinski definition) is 1. The zero-order valence-electron chi connectivity index (χ0n) is 15.1. The molecule has 0 fully saturated rings. The van der Waals surface area contributed by atoms with E-state index in [4.69, 9.17) is 16.1 Å². The molecule has 1 amide bonds. The van der Waals surface area contributed by atoms with Gasteiger partial charge in [0, 0.05) is 24.4 Å². The number of amides is 1. The minimum atomic E-state index is -3.73. The van der Waals surface area contributed by atoms with Crippen molar-refractivity contribution < 1.29 is 22.1 Å². The second-order valence-electron chi connectivity index (χ2n) is 6.22. The second-order valence-corrected chi connectivity index (χ2v) is 8.65. The first-order valence-electron chi connectivity index (χ1n) is 8.63. The minimum absolute atomic E-state index is 0.0244. The summed E-state index contributed by atoms with van der Waals surface area (Å²) in [4.78, 5) is 15.9. The number of rotatable bonds is 8. The van der Waals surface area contributed by atoms with Crippen LogP contribution in [0.2, 0.25) is 5.02 Å². The maximum absolute atomic E-state index is 13.0. The zero-order chi connectivity index (χ0) is 20.9. The van der Waals surface area contributed by atoms with Crippen molar-refractivity contribution in [3.8, 4) is 0 Å². The number of sulfone groups is 1. The molecule has 10 heteroatoms. The number of halogens is 2. The predicted octanol–water partition coefficient (Wildman–Crippen LogP) is 3.09. The monoisotopic (exact) mass is 437 g/mol. The Kier molecular flexibility index (Phi) is 6.60. The Balaban J connectivity index is 1.51. The van der Waals surface area contributed by atoms with Gasteiger partial charge in [0.1, 0.15) is 11.6 Å². The first-order valence-corrected chi connectivity index (χ1v) is 10.7. The Morgan fingerprint density at radius 3 is 2.66 bits per heavy atom. The Morgan fingerprint density at radius 1 is 1.17 bits per heavy atom. The fourth-order valence-corrected chi connectivity index (χ4v) is 3.89. The maximum Gasteiger partial charge on any atom is 0.227 e. The minimum Gasteiger partial charge on any atom is -0.352 e. The average Bonchev–Trinajstić information content (AvgIpc) is 3.12. The molecule has 0 spiro atoms. The zero-order valence-corrected chi connectivity index (χ0v) is 16.7. The molecule has 152 valence electrons. The van der Waals surface area contributed by atoms with Crippen LogP contribution < -0.4 is 5.32 Å². The summed E-state index contributed by atoms with van der Waals surface area (Å²) in [5.41, 5.74) is 0.872. The topological polar surface area (TPSA) is 102 Å². The highest BCUT2D eigenvalue weighted by atomic mass is 35.5. The summed E-state index contributed by atoms with van der Waals surface area (Å²) in [5.74, 6) is -1.10. The summed E-state index contributed by atoms with van der Waals surface area (Å²) in [5, 5.41) is 6.98. The quantitative estimate of drug-likeness (QED) is 0.543. The Bertz CT molecular complexity index is 1100. The number of carbonyl (C=O) groups is 1. The van der Waals surface area contributed by atoms with Crippen molar-refractivity contribution in [2.75, 3.05) is 0 Å². The van der Waals surface area contributed by atoms with Crippen LogP contribution in [0.3, 0.4) is 0 Å². The number of hydrogen-bond acceptors (Lipinski definition) is 6. The summed E-state index contributed by atoms with van der Waals surface area (Å²) >= 11 is 5.90. The van der Waals surface area contributed by atoms with Gasteiger partial charge in [-0.2, -0.15) is 4.98 Å². The Morgan fingerprint density at radius 2 is 1.93 bits per heavy atom. The lowest BCUT2D eigenvalue weighted by molar-refractivity contribution is -0.121. The molecule has 0 unspecified atom stereocenters. The molecule has 0 radical (unpaired) electrons. The molecule has 0 aliphatic heterocycles. The summed E-state index contributed by atoms with van der Waals surface area (Å²) in [6, 6.07) is 11.6. The predicted molar refractivity (Wildman–Crippen MR) is 103 cm³/mol. The first kappa shape index (κ1) is 20.9. The molecular formula is C19H17ClFN3O4S. The van der Waals surface area contributed by atoms with Crippen LogP contribution >= 0.6 is 11.6 Å².